The second kappa shape index (κ2) is 5.47. The molecule has 1 aliphatic rings. The van der Waals surface area contributed by atoms with Crippen LogP contribution in [0.4, 0.5) is 0 Å². The highest BCUT2D eigenvalue weighted by Gasteiger charge is 2.28. The van der Waals surface area contributed by atoms with E-state index in [1.165, 1.54) is 0 Å². The van der Waals surface area contributed by atoms with Gasteiger partial charge < -0.3 is 15.2 Å². The summed E-state index contributed by atoms with van der Waals surface area (Å²) < 4.78 is 5.39. The third-order valence-electron chi connectivity index (χ3n) is 2.76. The van der Waals surface area contributed by atoms with E-state index in [1.54, 1.807) is 0 Å². The average molecular weight is 215 g/mol. The Morgan fingerprint density at radius 3 is 2.60 bits per heavy atom. The van der Waals surface area contributed by atoms with Gasteiger partial charge >= 0.3 is 5.97 Å². The van der Waals surface area contributed by atoms with Crippen LogP contribution < -0.4 is 5.32 Å². The first-order valence-electron chi connectivity index (χ1n) is 5.59. The Balaban J connectivity index is 2.39. The van der Waals surface area contributed by atoms with Crippen LogP contribution in [0.2, 0.25) is 0 Å². The summed E-state index contributed by atoms with van der Waals surface area (Å²) in [7, 11) is 0. The quantitative estimate of drug-likeness (QED) is 0.677. The van der Waals surface area contributed by atoms with Crippen LogP contribution in [-0.4, -0.2) is 36.4 Å². The Morgan fingerprint density at radius 2 is 2.07 bits per heavy atom. The van der Waals surface area contributed by atoms with Crippen LogP contribution in [0.5, 0.6) is 0 Å². The molecule has 0 aromatic heterocycles. The topological polar surface area (TPSA) is 58.6 Å². The fourth-order valence-corrected chi connectivity index (χ4v) is 1.73. The van der Waals surface area contributed by atoms with E-state index in [-0.39, 0.29) is 18.5 Å². The van der Waals surface area contributed by atoms with Crippen molar-refractivity contribution in [2.24, 2.45) is 5.92 Å². The van der Waals surface area contributed by atoms with Crippen LogP contribution in [-0.2, 0) is 9.53 Å². The molecule has 0 aliphatic carbocycles. The van der Waals surface area contributed by atoms with E-state index in [1.807, 2.05) is 13.8 Å². The lowest BCUT2D eigenvalue weighted by Gasteiger charge is -2.28. The minimum absolute atomic E-state index is 0.0317. The summed E-state index contributed by atoms with van der Waals surface area (Å²) in [5.41, 5.74) is -0.545. The molecular weight excluding hydrogens is 194 g/mol. The fourth-order valence-electron chi connectivity index (χ4n) is 1.73. The number of aliphatic hydroxyl groups is 1. The number of carbonyl (C=O) groups is 1. The van der Waals surface area contributed by atoms with Gasteiger partial charge in [-0.25, -0.2) is 0 Å². The summed E-state index contributed by atoms with van der Waals surface area (Å²) in [6.45, 7) is 5.50. The van der Waals surface area contributed by atoms with Gasteiger partial charge in [0.25, 0.3) is 0 Å². The third kappa shape index (κ3) is 4.18. The Hall–Kier alpha value is -0.610. The second-order valence-corrected chi connectivity index (χ2v) is 4.68. The van der Waals surface area contributed by atoms with Crippen molar-refractivity contribution in [2.75, 3.05) is 19.7 Å². The van der Waals surface area contributed by atoms with E-state index in [0.29, 0.717) is 6.42 Å². The minimum atomic E-state index is -0.545. The third-order valence-corrected chi connectivity index (χ3v) is 2.76. The van der Waals surface area contributed by atoms with Crippen molar-refractivity contribution in [1.29, 1.82) is 0 Å². The average Bonchev–Trinajstić information content (AvgIpc) is 2.18. The Morgan fingerprint density at radius 1 is 1.47 bits per heavy atom. The van der Waals surface area contributed by atoms with Crippen LogP contribution in [0, 0.1) is 5.92 Å². The number of piperidine rings is 1. The van der Waals surface area contributed by atoms with Crippen molar-refractivity contribution in [3.8, 4) is 0 Å². The van der Waals surface area contributed by atoms with E-state index in [4.69, 9.17) is 9.84 Å². The highest BCUT2D eigenvalue weighted by Crippen LogP contribution is 2.20. The van der Waals surface area contributed by atoms with E-state index < -0.39 is 5.60 Å². The maximum Gasteiger partial charge on any atom is 0.309 e. The van der Waals surface area contributed by atoms with Gasteiger partial charge in [-0.05, 0) is 39.8 Å². The number of ether oxygens (including phenoxy) is 1. The molecule has 15 heavy (non-hydrogen) atoms. The van der Waals surface area contributed by atoms with Gasteiger partial charge in [0.2, 0.25) is 0 Å². The maximum atomic E-state index is 11.8. The van der Waals surface area contributed by atoms with Crippen LogP contribution >= 0.6 is 0 Å². The predicted octanol–water partition coefficient (Wildman–Crippen LogP) is 0.690. The molecule has 0 unspecified atom stereocenters. The Kier molecular flexibility index (Phi) is 4.54. The molecule has 88 valence electrons. The highest BCUT2D eigenvalue weighted by atomic mass is 16.6. The number of aliphatic hydroxyl groups excluding tert-OH is 1. The largest absolute Gasteiger partial charge is 0.459 e. The molecule has 0 bridgehead atoms. The van der Waals surface area contributed by atoms with Crippen molar-refractivity contribution in [1.82, 2.24) is 5.32 Å². The van der Waals surface area contributed by atoms with Crippen LogP contribution in [0.3, 0.4) is 0 Å². The number of hydrogen-bond acceptors (Lipinski definition) is 4. The smallest absolute Gasteiger partial charge is 0.309 e. The van der Waals surface area contributed by atoms with Crippen molar-refractivity contribution in [2.45, 2.75) is 38.7 Å². The summed E-state index contributed by atoms with van der Waals surface area (Å²) in [5, 5.41) is 12.0. The molecule has 0 radical (unpaired) electrons. The first-order chi connectivity index (χ1) is 7.05. The summed E-state index contributed by atoms with van der Waals surface area (Å²) in [4.78, 5) is 11.8. The predicted molar refractivity (Wildman–Crippen MR) is 57.5 cm³/mol. The molecule has 0 atom stereocenters. The van der Waals surface area contributed by atoms with Crippen LogP contribution in [0.15, 0.2) is 0 Å². The molecule has 0 amide bonds. The van der Waals surface area contributed by atoms with Gasteiger partial charge in [0.05, 0.1) is 5.92 Å². The van der Waals surface area contributed by atoms with Gasteiger partial charge in [-0.2, -0.15) is 0 Å². The zero-order valence-electron chi connectivity index (χ0n) is 9.58. The normalized spacial score (nSPS) is 18.9. The van der Waals surface area contributed by atoms with E-state index >= 15 is 0 Å². The Bertz CT molecular complexity index is 210. The lowest BCUT2D eigenvalue weighted by molar-refractivity contribution is -0.163. The van der Waals surface area contributed by atoms with Crippen molar-refractivity contribution in [3.05, 3.63) is 0 Å². The van der Waals surface area contributed by atoms with Crippen LogP contribution in [0.1, 0.15) is 33.1 Å². The standard InChI is InChI=1S/C11H21NO3/c1-11(2,5-8-13)15-10(14)9-3-6-12-7-4-9/h9,12-13H,3-8H2,1-2H3. The van der Waals surface area contributed by atoms with E-state index in [2.05, 4.69) is 5.32 Å². The van der Waals surface area contributed by atoms with E-state index in [9.17, 15) is 4.79 Å². The molecule has 0 spiro atoms. The number of hydrogen-bond donors (Lipinski definition) is 2. The molecular formula is C11H21NO3. The molecule has 0 aromatic carbocycles. The zero-order valence-corrected chi connectivity index (χ0v) is 9.58. The molecule has 1 rings (SSSR count). The molecule has 1 heterocycles. The van der Waals surface area contributed by atoms with Gasteiger partial charge in [-0.15, -0.1) is 0 Å². The van der Waals surface area contributed by atoms with E-state index in [0.717, 1.165) is 25.9 Å². The maximum absolute atomic E-state index is 11.8. The molecule has 4 nitrogen and oxygen atoms in total. The molecule has 2 N–H and O–H groups in total. The van der Waals surface area contributed by atoms with Crippen molar-refractivity contribution >= 4 is 5.97 Å². The van der Waals surface area contributed by atoms with Crippen molar-refractivity contribution in [3.63, 3.8) is 0 Å². The van der Waals surface area contributed by atoms with Crippen molar-refractivity contribution < 1.29 is 14.6 Å². The molecule has 1 fully saturated rings. The monoisotopic (exact) mass is 215 g/mol. The molecule has 1 aliphatic heterocycles. The second-order valence-electron chi connectivity index (χ2n) is 4.68. The summed E-state index contributed by atoms with van der Waals surface area (Å²) in [6, 6.07) is 0. The van der Waals surface area contributed by atoms with Gasteiger partial charge in [0.15, 0.2) is 0 Å². The van der Waals surface area contributed by atoms with Gasteiger partial charge in [-0.1, -0.05) is 0 Å². The Labute approximate surface area is 91.0 Å². The summed E-state index contributed by atoms with van der Waals surface area (Å²) in [5.74, 6) is -0.0841. The zero-order chi connectivity index (χ0) is 11.3. The van der Waals surface area contributed by atoms with Gasteiger partial charge in [0.1, 0.15) is 5.60 Å². The first kappa shape index (κ1) is 12.5. The van der Waals surface area contributed by atoms with Crippen LogP contribution in [0.25, 0.3) is 0 Å². The van der Waals surface area contributed by atoms with Gasteiger partial charge in [-0.3, -0.25) is 4.79 Å². The molecule has 0 saturated carbocycles. The van der Waals surface area contributed by atoms with Gasteiger partial charge in [0, 0.05) is 13.0 Å². The molecule has 0 aromatic rings. The fraction of sp³-hybridized carbons (Fsp3) is 0.909. The first-order valence-corrected chi connectivity index (χ1v) is 5.59. The number of esters is 1. The molecule has 1 saturated heterocycles. The summed E-state index contributed by atoms with van der Waals surface area (Å²) in [6.07, 6.45) is 2.20. The number of rotatable bonds is 4. The lowest BCUT2D eigenvalue weighted by atomic mass is 9.97. The number of nitrogens with one attached hydrogen (secondary N) is 1. The number of carbonyl (C=O) groups excluding carboxylic acids is 1. The lowest BCUT2D eigenvalue weighted by Crippen LogP contribution is -2.37. The minimum Gasteiger partial charge on any atom is -0.459 e. The highest BCUT2D eigenvalue weighted by molar-refractivity contribution is 5.73. The summed E-state index contributed by atoms with van der Waals surface area (Å²) >= 11 is 0. The SMILES string of the molecule is CC(C)(CCO)OC(=O)C1CCNCC1. The molecule has 4 heteroatoms.